The van der Waals surface area contributed by atoms with Crippen LogP contribution in [0.2, 0.25) is 10.0 Å². The average Bonchev–Trinajstić information content (AvgIpc) is 2.76. The van der Waals surface area contributed by atoms with Gasteiger partial charge >= 0.3 is 18.0 Å². The Morgan fingerprint density at radius 2 is 1.50 bits per heavy atom. The number of alkyl carbamates (subject to hydrolysis) is 1. The number of carbonyl (C=O) groups is 5. The number of carbonyl (C=O) groups excluding carboxylic acids is 3. The van der Waals surface area contributed by atoms with Gasteiger partial charge in [0.25, 0.3) is 0 Å². The van der Waals surface area contributed by atoms with Gasteiger partial charge in [-0.25, -0.2) is 4.79 Å². The molecule has 1 atom stereocenters. The third-order valence-corrected chi connectivity index (χ3v) is 4.54. The third-order valence-electron chi connectivity index (χ3n) is 3.91. The summed E-state index contributed by atoms with van der Waals surface area (Å²) in [5, 5.41) is 21.6. The van der Waals surface area contributed by atoms with Gasteiger partial charge in [0.1, 0.15) is 25.6 Å². The fourth-order valence-electron chi connectivity index (χ4n) is 2.31. The molecule has 0 aliphatic carbocycles. The van der Waals surface area contributed by atoms with Crippen LogP contribution in [0, 0.1) is 0 Å². The monoisotopic (exact) mass is 512 g/mol. The van der Waals surface area contributed by atoms with Crippen LogP contribution in [0.3, 0.4) is 0 Å². The first kappa shape index (κ1) is 28.4. The van der Waals surface area contributed by atoms with Gasteiger partial charge in [0.2, 0.25) is 5.91 Å². The first-order valence-corrected chi connectivity index (χ1v) is 10.4. The molecule has 2 rings (SSSR count). The molecule has 2 aromatic rings. The van der Waals surface area contributed by atoms with E-state index in [1.807, 2.05) is 18.2 Å². The second-order valence-corrected chi connectivity index (χ2v) is 7.44. The Labute approximate surface area is 204 Å². The standard InChI is InChI=1S/C13H16N2O5.C9H6Cl2O3/c1-9(12(18)14-7-11(16)17)15-13(19)20-8-10-5-3-2-4-6-10;10-5-2-1-3-6(11)9(5)7(12)4-8(13)14/h2-6,9H,7-8H2,1H3,(H,14,18)(H,15,19)(H,16,17);1-3H,4H2,(H,13,14)/t9-;/m0./s1. The summed E-state index contributed by atoms with van der Waals surface area (Å²) < 4.78 is 4.93. The van der Waals surface area contributed by atoms with Crippen LogP contribution in [0.1, 0.15) is 29.3 Å². The normalized spacial score (nSPS) is 10.7. The van der Waals surface area contributed by atoms with Gasteiger partial charge < -0.3 is 25.6 Å². The van der Waals surface area contributed by atoms with Gasteiger partial charge in [-0.2, -0.15) is 0 Å². The molecule has 10 nitrogen and oxygen atoms in total. The molecule has 0 saturated heterocycles. The Balaban J connectivity index is 0.000000362. The van der Waals surface area contributed by atoms with Gasteiger partial charge in [-0.3, -0.25) is 19.2 Å². The molecule has 0 aromatic heterocycles. The highest BCUT2D eigenvalue weighted by Crippen LogP contribution is 2.25. The summed E-state index contributed by atoms with van der Waals surface area (Å²) in [5.74, 6) is -3.54. The second-order valence-electron chi connectivity index (χ2n) is 6.63. The van der Waals surface area contributed by atoms with E-state index in [-0.39, 0.29) is 22.2 Å². The molecular formula is C22H22Cl2N2O8. The SMILES string of the molecule is C[C@H](NC(=O)OCc1ccccc1)C(=O)NCC(=O)O.O=C(O)CC(=O)c1c(Cl)cccc1Cl. The Morgan fingerprint density at radius 1 is 0.912 bits per heavy atom. The predicted octanol–water partition coefficient (Wildman–Crippen LogP) is 3.15. The fraction of sp³-hybridized carbons (Fsp3) is 0.227. The number of rotatable bonds is 9. The molecule has 4 N–H and O–H groups in total. The van der Waals surface area contributed by atoms with E-state index in [0.717, 1.165) is 5.56 Å². The second kappa shape index (κ2) is 14.5. The minimum absolute atomic E-state index is 0.0678. The van der Waals surface area contributed by atoms with Crippen LogP contribution >= 0.6 is 23.2 Å². The first-order chi connectivity index (χ1) is 16.0. The summed E-state index contributed by atoms with van der Waals surface area (Å²) in [7, 11) is 0. The zero-order valence-electron chi connectivity index (χ0n) is 17.9. The molecule has 2 amide bonds. The van der Waals surface area contributed by atoms with Crippen molar-refractivity contribution < 1.29 is 38.9 Å². The van der Waals surface area contributed by atoms with Crippen molar-refractivity contribution in [3.8, 4) is 0 Å². The van der Waals surface area contributed by atoms with E-state index in [9.17, 15) is 24.0 Å². The van der Waals surface area contributed by atoms with Gasteiger partial charge in [-0.15, -0.1) is 0 Å². The molecule has 0 aliphatic rings. The smallest absolute Gasteiger partial charge is 0.408 e. The number of ketones is 1. The van der Waals surface area contributed by atoms with Crippen molar-refractivity contribution in [1.29, 1.82) is 0 Å². The number of halogens is 2. The van der Waals surface area contributed by atoms with E-state index in [4.69, 9.17) is 38.2 Å². The van der Waals surface area contributed by atoms with Crippen LogP contribution in [-0.4, -0.2) is 52.5 Å². The average molecular weight is 513 g/mol. The number of Topliss-reactive ketones (excluding diaryl/α,β-unsaturated/α-hetero) is 1. The molecule has 34 heavy (non-hydrogen) atoms. The Morgan fingerprint density at radius 3 is 2.03 bits per heavy atom. The fourth-order valence-corrected chi connectivity index (χ4v) is 2.92. The molecule has 0 unspecified atom stereocenters. The van der Waals surface area contributed by atoms with E-state index < -0.39 is 48.7 Å². The Bertz CT molecular complexity index is 1010. The predicted molar refractivity (Wildman–Crippen MR) is 123 cm³/mol. The van der Waals surface area contributed by atoms with E-state index in [0.29, 0.717) is 0 Å². The maximum Gasteiger partial charge on any atom is 0.408 e. The van der Waals surface area contributed by atoms with Gasteiger partial charge in [0, 0.05) is 0 Å². The number of benzene rings is 2. The molecular weight excluding hydrogens is 491 g/mol. The van der Waals surface area contributed by atoms with Crippen molar-refractivity contribution in [2.24, 2.45) is 0 Å². The summed E-state index contributed by atoms with van der Waals surface area (Å²) in [6.07, 6.45) is -1.35. The van der Waals surface area contributed by atoms with E-state index in [1.165, 1.54) is 19.1 Å². The topological polar surface area (TPSA) is 159 Å². The van der Waals surface area contributed by atoms with Crippen LogP contribution in [0.25, 0.3) is 0 Å². The van der Waals surface area contributed by atoms with Crippen molar-refractivity contribution in [1.82, 2.24) is 10.6 Å². The lowest BCUT2D eigenvalue weighted by Crippen LogP contribution is -2.46. The maximum absolute atomic E-state index is 11.4. The lowest BCUT2D eigenvalue weighted by Gasteiger charge is -2.13. The lowest BCUT2D eigenvalue weighted by molar-refractivity contribution is -0.138. The van der Waals surface area contributed by atoms with Crippen LogP contribution in [0.5, 0.6) is 0 Å². The maximum atomic E-state index is 11.4. The Hall–Kier alpha value is -3.63. The molecule has 0 spiro atoms. The number of nitrogens with one attached hydrogen (secondary N) is 2. The third kappa shape index (κ3) is 10.8. The lowest BCUT2D eigenvalue weighted by atomic mass is 10.1. The number of amides is 2. The number of ether oxygens (including phenoxy) is 1. The molecule has 0 saturated carbocycles. The zero-order chi connectivity index (χ0) is 25.7. The first-order valence-electron chi connectivity index (χ1n) is 9.67. The summed E-state index contributed by atoms with van der Waals surface area (Å²) in [6.45, 7) is 1.03. The number of aliphatic carboxylic acids is 2. The largest absolute Gasteiger partial charge is 0.481 e. The number of hydrogen-bond donors (Lipinski definition) is 4. The molecule has 0 bridgehead atoms. The molecule has 182 valence electrons. The van der Waals surface area contributed by atoms with E-state index >= 15 is 0 Å². The van der Waals surface area contributed by atoms with Crippen LogP contribution in [0.15, 0.2) is 48.5 Å². The summed E-state index contributed by atoms with van der Waals surface area (Å²) in [4.78, 5) is 54.8. The van der Waals surface area contributed by atoms with Crippen LogP contribution in [0.4, 0.5) is 4.79 Å². The Kier molecular flexibility index (Phi) is 12.1. The van der Waals surface area contributed by atoms with Crippen LogP contribution < -0.4 is 10.6 Å². The van der Waals surface area contributed by atoms with Gasteiger partial charge in [-0.05, 0) is 24.6 Å². The minimum Gasteiger partial charge on any atom is -0.481 e. The quantitative estimate of drug-likeness (QED) is 0.294. The highest BCUT2D eigenvalue weighted by molar-refractivity contribution is 6.40. The minimum atomic E-state index is -1.20. The van der Waals surface area contributed by atoms with E-state index in [2.05, 4.69) is 10.6 Å². The van der Waals surface area contributed by atoms with Gasteiger partial charge in [0.05, 0.1) is 15.6 Å². The molecule has 12 heteroatoms. The highest BCUT2D eigenvalue weighted by atomic mass is 35.5. The summed E-state index contributed by atoms with van der Waals surface area (Å²) >= 11 is 11.4. The zero-order valence-corrected chi connectivity index (χ0v) is 19.4. The van der Waals surface area contributed by atoms with Crippen molar-refractivity contribution in [3.63, 3.8) is 0 Å². The number of carboxylic acid groups (broad SMARTS) is 2. The number of hydrogen-bond acceptors (Lipinski definition) is 6. The van der Waals surface area contributed by atoms with Crippen molar-refractivity contribution in [2.45, 2.75) is 26.0 Å². The van der Waals surface area contributed by atoms with Gasteiger partial charge in [0.15, 0.2) is 5.78 Å². The molecule has 0 aliphatic heterocycles. The highest BCUT2D eigenvalue weighted by Gasteiger charge is 2.17. The van der Waals surface area contributed by atoms with Crippen LogP contribution in [-0.2, 0) is 25.7 Å². The summed E-state index contributed by atoms with van der Waals surface area (Å²) in [5.41, 5.74) is 0.892. The molecule has 0 fully saturated rings. The molecule has 2 aromatic carbocycles. The van der Waals surface area contributed by atoms with Crippen molar-refractivity contribution in [3.05, 3.63) is 69.7 Å². The summed E-state index contributed by atoms with van der Waals surface area (Å²) in [6, 6.07) is 12.8. The van der Waals surface area contributed by atoms with Crippen molar-refractivity contribution >= 4 is 52.9 Å². The molecule has 0 radical (unpaired) electrons. The van der Waals surface area contributed by atoms with Crippen molar-refractivity contribution in [2.75, 3.05) is 6.54 Å². The van der Waals surface area contributed by atoms with E-state index in [1.54, 1.807) is 18.2 Å². The number of carboxylic acids is 2. The van der Waals surface area contributed by atoms with Gasteiger partial charge in [-0.1, -0.05) is 59.6 Å². The molecule has 0 heterocycles.